The predicted molar refractivity (Wildman–Crippen MR) is 152 cm³/mol. The summed E-state index contributed by atoms with van der Waals surface area (Å²) in [5.41, 5.74) is 0.546. The fraction of sp³-hybridized carbons (Fsp3) is 0.500. The standard InChI is InChI=1S/C32H44O8/c1-6-7-8-9-10-11-12-13-14-15-30(37-39-31(33)26-16-20-28(21-17-26)35-24(2)3)38-40-32(34)27-18-22-29(23-19-27)36-25(4)5/h16-25H,1,6-15H2,2-5H3. The van der Waals surface area contributed by atoms with Crippen molar-refractivity contribution in [3.05, 3.63) is 72.9 Å². The van der Waals surface area contributed by atoms with E-state index in [2.05, 4.69) is 6.92 Å². The summed E-state index contributed by atoms with van der Waals surface area (Å²) in [6, 6.07) is 13.0. The van der Waals surface area contributed by atoms with Crippen LogP contribution in [0.15, 0.2) is 48.5 Å². The van der Waals surface area contributed by atoms with Crippen molar-refractivity contribution in [2.75, 3.05) is 0 Å². The van der Waals surface area contributed by atoms with Gasteiger partial charge in [0.2, 0.25) is 0 Å². The quantitative estimate of drug-likeness (QED) is 0.0913. The fourth-order valence-electron chi connectivity index (χ4n) is 3.75. The Morgan fingerprint density at radius 1 is 0.575 bits per heavy atom. The summed E-state index contributed by atoms with van der Waals surface area (Å²) in [5, 5.41) is 0. The Morgan fingerprint density at radius 2 is 0.950 bits per heavy atom. The molecule has 0 heterocycles. The zero-order valence-corrected chi connectivity index (χ0v) is 24.3. The van der Waals surface area contributed by atoms with Gasteiger partial charge in [-0.25, -0.2) is 9.59 Å². The van der Waals surface area contributed by atoms with E-state index >= 15 is 0 Å². The van der Waals surface area contributed by atoms with Crippen molar-refractivity contribution in [1.29, 1.82) is 0 Å². The minimum Gasteiger partial charge on any atom is -0.491 e. The SMILES string of the molecule is [CH2]CCCCCCCCCC[C](OOC(=O)c1ccc(OC(C)C)cc1)OOC(=O)c1ccc(OC(C)C)cc1. The van der Waals surface area contributed by atoms with Crippen LogP contribution < -0.4 is 9.47 Å². The van der Waals surface area contributed by atoms with Crippen LogP contribution in [0, 0.1) is 13.2 Å². The normalized spacial score (nSPS) is 11.2. The van der Waals surface area contributed by atoms with Crippen molar-refractivity contribution >= 4 is 11.9 Å². The van der Waals surface area contributed by atoms with Gasteiger partial charge < -0.3 is 9.47 Å². The number of rotatable bonds is 20. The third-order valence-corrected chi connectivity index (χ3v) is 5.73. The molecule has 0 unspecified atom stereocenters. The summed E-state index contributed by atoms with van der Waals surface area (Å²) < 4.78 is 11.2. The molecular formula is C32H44O8. The highest BCUT2D eigenvalue weighted by atomic mass is 17.3. The maximum absolute atomic E-state index is 12.5. The Kier molecular flexibility index (Phi) is 15.8. The second-order valence-corrected chi connectivity index (χ2v) is 10.1. The van der Waals surface area contributed by atoms with Crippen molar-refractivity contribution in [3.63, 3.8) is 0 Å². The smallest absolute Gasteiger partial charge is 0.373 e. The average Bonchev–Trinajstić information content (AvgIpc) is 2.93. The van der Waals surface area contributed by atoms with Crippen molar-refractivity contribution in [2.45, 2.75) is 104 Å². The van der Waals surface area contributed by atoms with E-state index < -0.39 is 11.9 Å². The summed E-state index contributed by atoms with van der Waals surface area (Å²) in [4.78, 5) is 45.3. The highest BCUT2D eigenvalue weighted by molar-refractivity contribution is 5.89. The van der Waals surface area contributed by atoms with Gasteiger partial charge in [0.1, 0.15) is 11.5 Å². The summed E-state index contributed by atoms with van der Waals surface area (Å²) in [6.45, 7) is 11.5. The first-order chi connectivity index (χ1) is 19.3. The molecule has 0 saturated heterocycles. The number of hydrogen-bond donors (Lipinski definition) is 0. The molecule has 2 radical (unpaired) electrons. The Balaban J connectivity index is 1.87. The Hall–Kier alpha value is -3.10. The number of ether oxygens (including phenoxy) is 2. The van der Waals surface area contributed by atoms with Crippen LogP contribution in [0.4, 0.5) is 0 Å². The van der Waals surface area contributed by atoms with Crippen LogP contribution in [0.1, 0.15) is 113 Å². The number of benzene rings is 2. The van der Waals surface area contributed by atoms with E-state index in [0.717, 1.165) is 25.7 Å². The molecule has 8 heteroatoms. The number of carbonyl (C=O) groups excluding carboxylic acids is 2. The Morgan fingerprint density at radius 3 is 1.32 bits per heavy atom. The lowest BCUT2D eigenvalue weighted by molar-refractivity contribution is -0.363. The van der Waals surface area contributed by atoms with E-state index in [1.807, 2.05) is 27.7 Å². The van der Waals surface area contributed by atoms with Crippen molar-refractivity contribution in [3.8, 4) is 11.5 Å². The van der Waals surface area contributed by atoms with Gasteiger partial charge in [0.05, 0.1) is 23.3 Å². The molecule has 0 fully saturated rings. The Labute approximate surface area is 239 Å². The van der Waals surface area contributed by atoms with Gasteiger partial charge in [-0.2, -0.15) is 0 Å². The largest absolute Gasteiger partial charge is 0.491 e. The summed E-state index contributed by atoms with van der Waals surface area (Å²) in [5.74, 6) is -0.152. The molecule has 0 N–H and O–H groups in total. The van der Waals surface area contributed by atoms with E-state index in [1.54, 1.807) is 48.5 Å². The molecule has 0 aliphatic rings. The summed E-state index contributed by atoms with van der Waals surface area (Å²) >= 11 is 0. The van der Waals surface area contributed by atoms with Crippen LogP contribution >= 0.6 is 0 Å². The molecule has 0 aliphatic heterocycles. The molecule has 0 atom stereocenters. The predicted octanol–water partition coefficient (Wildman–Crippen LogP) is 8.36. The second kappa shape index (κ2) is 19.1. The van der Waals surface area contributed by atoms with Crippen LogP contribution in [0.3, 0.4) is 0 Å². The van der Waals surface area contributed by atoms with Crippen molar-refractivity contribution < 1.29 is 38.6 Å². The first-order valence-corrected chi connectivity index (χ1v) is 14.2. The highest BCUT2D eigenvalue weighted by Crippen LogP contribution is 2.21. The maximum atomic E-state index is 12.5. The molecule has 0 amide bonds. The van der Waals surface area contributed by atoms with Crippen molar-refractivity contribution in [2.24, 2.45) is 0 Å². The van der Waals surface area contributed by atoms with Gasteiger partial charge in [-0.3, -0.25) is 9.78 Å². The second-order valence-electron chi connectivity index (χ2n) is 10.1. The van der Waals surface area contributed by atoms with Crippen LogP contribution in [0.25, 0.3) is 0 Å². The molecule has 0 bridgehead atoms. The lowest BCUT2D eigenvalue weighted by atomic mass is 10.1. The van der Waals surface area contributed by atoms with Gasteiger partial charge in [-0.1, -0.05) is 58.3 Å². The lowest BCUT2D eigenvalue weighted by Crippen LogP contribution is -2.16. The minimum atomic E-state index is -0.716. The molecule has 2 aromatic carbocycles. The Bertz CT molecular complexity index is 900. The summed E-state index contributed by atoms with van der Waals surface area (Å²) in [6.07, 6.45) is 9.88. The number of hydrogen-bond acceptors (Lipinski definition) is 8. The number of carbonyl (C=O) groups is 2. The van der Waals surface area contributed by atoms with E-state index in [1.165, 1.54) is 25.7 Å². The van der Waals surface area contributed by atoms with E-state index in [-0.39, 0.29) is 29.6 Å². The molecule has 40 heavy (non-hydrogen) atoms. The molecule has 8 nitrogen and oxygen atoms in total. The first kappa shape index (κ1) is 33.1. The molecule has 2 rings (SSSR count). The van der Waals surface area contributed by atoms with Crippen LogP contribution in [-0.4, -0.2) is 24.1 Å². The number of unbranched alkanes of at least 4 members (excludes halogenated alkanes) is 8. The molecule has 0 spiro atoms. The topological polar surface area (TPSA) is 89.5 Å². The lowest BCUT2D eigenvalue weighted by Gasteiger charge is -2.14. The minimum absolute atomic E-state index is 0.0167. The average molecular weight is 557 g/mol. The first-order valence-electron chi connectivity index (χ1n) is 14.2. The zero-order valence-electron chi connectivity index (χ0n) is 24.3. The summed E-state index contributed by atoms with van der Waals surface area (Å²) in [7, 11) is 0. The van der Waals surface area contributed by atoms with E-state index in [0.29, 0.717) is 24.3 Å². The van der Waals surface area contributed by atoms with Crippen molar-refractivity contribution in [1.82, 2.24) is 0 Å². The molecule has 2 aromatic rings. The molecule has 220 valence electrons. The van der Waals surface area contributed by atoms with Gasteiger partial charge in [0.15, 0.2) is 0 Å². The molecule has 0 saturated carbocycles. The van der Waals surface area contributed by atoms with Crippen LogP contribution in [-0.2, 0) is 19.6 Å². The molecular weight excluding hydrogens is 512 g/mol. The molecule has 0 aromatic heterocycles. The van der Waals surface area contributed by atoms with E-state index in [9.17, 15) is 9.59 Å². The third kappa shape index (κ3) is 13.8. The van der Waals surface area contributed by atoms with Gasteiger partial charge in [0.25, 0.3) is 0 Å². The van der Waals surface area contributed by atoms with Gasteiger partial charge in [0, 0.05) is 6.42 Å². The highest BCUT2D eigenvalue weighted by Gasteiger charge is 2.22. The van der Waals surface area contributed by atoms with Gasteiger partial charge in [-0.15, -0.1) is 9.78 Å². The maximum Gasteiger partial charge on any atom is 0.373 e. The molecule has 0 aliphatic carbocycles. The van der Waals surface area contributed by atoms with Gasteiger partial charge >= 0.3 is 18.2 Å². The monoisotopic (exact) mass is 556 g/mol. The van der Waals surface area contributed by atoms with E-state index in [4.69, 9.17) is 29.0 Å². The van der Waals surface area contributed by atoms with Gasteiger partial charge in [-0.05, 0) is 82.6 Å². The van der Waals surface area contributed by atoms with Crippen LogP contribution in [0.2, 0.25) is 0 Å². The third-order valence-electron chi connectivity index (χ3n) is 5.73. The van der Waals surface area contributed by atoms with Crippen LogP contribution in [0.5, 0.6) is 11.5 Å². The fourth-order valence-corrected chi connectivity index (χ4v) is 3.75. The zero-order chi connectivity index (χ0) is 29.2.